The highest BCUT2D eigenvalue weighted by Gasteiger charge is 2.36. The number of aryl methyl sites for hydroxylation is 1. The van der Waals surface area contributed by atoms with Crippen LogP contribution in [-0.4, -0.2) is 72.8 Å². The summed E-state index contributed by atoms with van der Waals surface area (Å²) in [6.45, 7) is 4.90. The van der Waals surface area contributed by atoms with Crippen LogP contribution in [-0.2, 0) is 14.8 Å². The van der Waals surface area contributed by atoms with Crippen LogP contribution >= 0.6 is 0 Å². The Labute approximate surface area is 210 Å². The number of aromatic nitrogens is 5. The summed E-state index contributed by atoms with van der Waals surface area (Å²) in [5, 5.41) is 10.9. The molecule has 2 aromatic heterocycles. The summed E-state index contributed by atoms with van der Waals surface area (Å²) in [7, 11) is 0.461. The van der Waals surface area contributed by atoms with Crippen molar-refractivity contribution in [1.29, 1.82) is 0 Å². The van der Waals surface area contributed by atoms with Gasteiger partial charge in [0.15, 0.2) is 5.82 Å². The summed E-state index contributed by atoms with van der Waals surface area (Å²) in [6, 6.07) is 5.33. The highest BCUT2D eigenvalue weighted by molar-refractivity contribution is 7.93. The standard InChI is InChI=1S/C23H31N7O5S/c1-14-11-25-21(26-12-14)20(35-5)15(2)36(31,32)29-23-28-27-22(16-9-10-24-13-16)30(23)19-17(33-3)7-6-8-18(19)34-4/h6-8,11-12,15-16,20,24H,9-10,13H2,1-5H3,(H,28,29)/t15?,16-,20?/m1/s1. The highest BCUT2D eigenvalue weighted by Crippen LogP contribution is 2.38. The summed E-state index contributed by atoms with van der Waals surface area (Å²) in [4.78, 5) is 8.51. The summed E-state index contributed by atoms with van der Waals surface area (Å²) in [6.07, 6.45) is 3.16. The smallest absolute Gasteiger partial charge is 0.243 e. The molecule has 3 atom stereocenters. The fourth-order valence-corrected chi connectivity index (χ4v) is 5.34. The minimum absolute atomic E-state index is 0.0197. The normalized spacial score (nSPS) is 17.5. The van der Waals surface area contributed by atoms with Crippen LogP contribution in [0.5, 0.6) is 11.5 Å². The summed E-state index contributed by atoms with van der Waals surface area (Å²) >= 11 is 0. The third-order valence-corrected chi connectivity index (χ3v) is 7.89. The van der Waals surface area contributed by atoms with Gasteiger partial charge in [0, 0.05) is 32.0 Å². The number of nitrogens with one attached hydrogen (secondary N) is 2. The zero-order valence-corrected chi connectivity index (χ0v) is 21.7. The molecule has 3 heterocycles. The maximum absolute atomic E-state index is 13.6. The molecular weight excluding hydrogens is 486 g/mol. The number of para-hydroxylation sites is 1. The van der Waals surface area contributed by atoms with Crippen LogP contribution in [0.25, 0.3) is 5.69 Å². The molecule has 0 spiro atoms. The van der Waals surface area contributed by atoms with E-state index >= 15 is 0 Å². The van der Waals surface area contributed by atoms with Gasteiger partial charge in [-0.05, 0) is 44.5 Å². The Kier molecular flexibility index (Phi) is 7.71. The third kappa shape index (κ3) is 4.99. The van der Waals surface area contributed by atoms with Crippen molar-refractivity contribution in [3.63, 3.8) is 0 Å². The van der Waals surface area contributed by atoms with E-state index in [1.54, 1.807) is 35.2 Å². The molecule has 1 aliphatic rings. The van der Waals surface area contributed by atoms with E-state index in [-0.39, 0.29) is 17.7 Å². The molecular formula is C23H31N7O5S. The second kappa shape index (κ2) is 10.8. The number of hydrogen-bond donors (Lipinski definition) is 2. The van der Waals surface area contributed by atoms with Gasteiger partial charge in [-0.1, -0.05) is 6.07 Å². The molecule has 4 rings (SSSR count). The molecule has 0 aliphatic carbocycles. The molecule has 1 fully saturated rings. The number of anilines is 1. The van der Waals surface area contributed by atoms with Crippen LogP contribution in [0.4, 0.5) is 5.95 Å². The predicted octanol–water partition coefficient (Wildman–Crippen LogP) is 1.98. The topological polar surface area (TPSA) is 142 Å². The molecule has 1 saturated heterocycles. The van der Waals surface area contributed by atoms with Crippen molar-refractivity contribution in [2.75, 3.05) is 39.1 Å². The molecule has 194 valence electrons. The van der Waals surface area contributed by atoms with E-state index in [0.29, 0.717) is 29.6 Å². The Hall–Kier alpha value is -3.29. The number of ether oxygens (including phenoxy) is 3. The van der Waals surface area contributed by atoms with Crippen LogP contribution in [0.15, 0.2) is 30.6 Å². The van der Waals surface area contributed by atoms with Gasteiger partial charge in [-0.25, -0.2) is 18.4 Å². The lowest BCUT2D eigenvalue weighted by Gasteiger charge is -2.23. The molecule has 0 bridgehead atoms. The molecule has 0 radical (unpaired) electrons. The molecule has 1 aromatic carbocycles. The van der Waals surface area contributed by atoms with E-state index in [4.69, 9.17) is 14.2 Å². The summed E-state index contributed by atoms with van der Waals surface area (Å²) in [5.74, 6) is 1.88. The highest BCUT2D eigenvalue weighted by atomic mass is 32.2. The number of benzene rings is 1. The van der Waals surface area contributed by atoms with Gasteiger partial charge >= 0.3 is 0 Å². The lowest BCUT2D eigenvalue weighted by Crippen LogP contribution is -2.33. The average Bonchev–Trinajstić information content (AvgIpc) is 3.54. The molecule has 2 unspecified atom stereocenters. The molecule has 13 heteroatoms. The minimum Gasteiger partial charge on any atom is -0.494 e. The Morgan fingerprint density at radius 1 is 1.11 bits per heavy atom. The van der Waals surface area contributed by atoms with Gasteiger partial charge in [-0.2, -0.15) is 0 Å². The lowest BCUT2D eigenvalue weighted by atomic mass is 10.1. The fourth-order valence-electron chi connectivity index (χ4n) is 4.21. The first kappa shape index (κ1) is 25.8. The zero-order chi connectivity index (χ0) is 25.9. The second-order valence-electron chi connectivity index (χ2n) is 8.55. The van der Waals surface area contributed by atoms with Crippen LogP contribution < -0.4 is 19.5 Å². The van der Waals surface area contributed by atoms with E-state index in [9.17, 15) is 8.42 Å². The Bertz CT molecular complexity index is 1270. The summed E-state index contributed by atoms with van der Waals surface area (Å²) < 4.78 is 48.1. The van der Waals surface area contributed by atoms with Crippen molar-refractivity contribution in [3.05, 3.63) is 47.8 Å². The van der Waals surface area contributed by atoms with Crippen LogP contribution in [0.3, 0.4) is 0 Å². The molecule has 0 amide bonds. The number of nitrogens with zero attached hydrogens (tertiary/aromatic N) is 5. The lowest BCUT2D eigenvalue weighted by molar-refractivity contribution is 0.0949. The molecule has 12 nitrogen and oxygen atoms in total. The molecule has 2 N–H and O–H groups in total. The SMILES string of the molecule is COc1cccc(OC)c1-n1c(NS(=O)(=O)C(C)C(OC)c2ncc(C)cn2)nnc1[C@@H]1CCNC1. The summed E-state index contributed by atoms with van der Waals surface area (Å²) in [5.41, 5.74) is 1.36. The largest absolute Gasteiger partial charge is 0.494 e. The Morgan fingerprint density at radius 3 is 2.33 bits per heavy atom. The van der Waals surface area contributed by atoms with E-state index in [2.05, 4.69) is 30.2 Å². The van der Waals surface area contributed by atoms with Gasteiger partial charge in [0.2, 0.25) is 16.0 Å². The molecule has 36 heavy (non-hydrogen) atoms. The quantitative estimate of drug-likeness (QED) is 0.410. The number of rotatable bonds is 10. The second-order valence-corrected chi connectivity index (χ2v) is 10.6. The van der Waals surface area contributed by atoms with Crippen LogP contribution in [0.2, 0.25) is 0 Å². The van der Waals surface area contributed by atoms with Crippen molar-refractivity contribution >= 4 is 16.0 Å². The van der Waals surface area contributed by atoms with Gasteiger partial charge in [-0.15, -0.1) is 10.2 Å². The number of hydrogen-bond acceptors (Lipinski definition) is 10. The first-order valence-corrected chi connectivity index (χ1v) is 13.1. The zero-order valence-electron chi connectivity index (χ0n) is 20.9. The van der Waals surface area contributed by atoms with Crippen molar-refractivity contribution in [3.8, 4) is 17.2 Å². The maximum Gasteiger partial charge on any atom is 0.243 e. The van der Waals surface area contributed by atoms with Crippen molar-refractivity contribution in [1.82, 2.24) is 30.0 Å². The molecule has 0 saturated carbocycles. The van der Waals surface area contributed by atoms with Gasteiger partial charge < -0.3 is 19.5 Å². The maximum atomic E-state index is 13.6. The first-order valence-electron chi connectivity index (χ1n) is 11.5. The van der Waals surface area contributed by atoms with Crippen molar-refractivity contribution < 1.29 is 22.6 Å². The van der Waals surface area contributed by atoms with E-state index in [1.807, 2.05) is 6.92 Å². The first-order chi connectivity index (χ1) is 17.3. The van der Waals surface area contributed by atoms with E-state index in [1.165, 1.54) is 28.3 Å². The monoisotopic (exact) mass is 517 g/mol. The Balaban J connectivity index is 1.77. The van der Waals surface area contributed by atoms with E-state index in [0.717, 1.165) is 18.5 Å². The molecule has 1 aliphatic heterocycles. The van der Waals surface area contributed by atoms with Crippen molar-refractivity contribution in [2.45, 2.75) is 37.5 Å². The molecule has 3 aromatic rings. The van der Waals surface area contributed by atoms with Crippen LogP contribution in [0.1, 0.15) is 42.6 Å². The van der Waals surface area contributed by atoms with Gasteiger partial charge in [0.1, 0.15) is 34.4 Å². The predicted molar refractivity (Wildman–Crippen MR) is 133 cm³/mol. The van der Waals surface area contributed by atoms with Gasteiger partial charge in [-0.3, -0.25) is 9.29 Å². The van der Waals surface area contributed by atoms with E-state index < -0.39 is 21.4 Å². The number of sulfonamides is 1. The number of methoxy groups -OCH3 is 3. The van der Waals surface area contributed by atoms with Gasteiger partial charge in [0.25, 0.3) is 0 Å². The average molecular weight is 518 g/mol. The minimum atomic E-state index is -4.04. The van der Waals surface area contributed by atoms with Crippen LogP contribution in [0, 0.1) is 6.92 Å². The van der Waals surface area contributed by atoms with Gasteiger partial charge in [0.05, 0.1) is 14.2 Å². The Morgan fingerprint density at radius 2 is 1.78 bits per heavy atom. The van der Waals surface area contributed by atoms with Crippen molar-refractivity contribution in [2.24, 2.45) is 0 Å². The fraction of sp³-hybridized carbons (Fsp3) is 0.478. The third-order valence-electron chi connectivity index (χ3n) is 6.20.